The van der Waals surface area contributed by atoms with E-state index in [4.69, 9.17) is 0 Å². The van der Waals surface area contributed by atoms with Gasteiger partial charge in [-0.3, -0.25) is 10.1 Å². The van der Waals surface area contributed by atoms with Gasteiger partial charge >= 0.3 is 0 Å². The van der Waals surface area contributed by atoms with Gasteiger partial charge in [-0.15, -0.1) is 11.3 Å². The number of nitrogens with one attached hydrogen (secondary N) is 1. The molecule has 2 aromatic carbocycles. The number of H-pyrrole nitrogens is 1. The van der Waals surface area contributed by atoms with Gasteiger partial charge in [0.1, 0.15) is 11.1 Å². The monoisotopic (exact) mass is 462 g/mol. The molecule has 0 bridgehead atoms. The molecule has 0 aliphatic rings. The van der Waals surface area contributed by atoms with Crippen LogP contribution in [-0.4, -0.2) is 34.0 Å². The van der Waals surface area contributed by atoms with Crippen LogP contribution in [0.5, 0.6) is 0 Å². The summed E-state index contributed by atoms with van der Waals surface area (Å²) in [6, 6.07) is 14.7. The molecule has 0 aliphatic heterocycles. The first kappa shape index (κ1) is 21.5. The SMILES string of the molecule is CN(C)c1ccc(/C=C(\C#N)c2nc(CSc3nc4ccc([N+](=O)[O-])cc4[nH]3)cs2)cc1. The minimum absolute atomic E-state index is 0.0222. The van der Waals surface area contributed by atoms with Crippen LogP contribution in [0, 0.1) is 21.4 Å². The fourth-order valence-corrected chi connectivity index (χ4v) is 4.64. The summed E-state index contributed by atoms with van der Waals surface area (Å²) in [6.45, 7) is 0. The third-order valence-electron chi connectivity index (χ3n) is 4.63. The molecule has 2 heterocycles. The van der Waals surface area contributed by atoms with Crippen LogP contribution in [0.25, 0.3) is 22.7 Å². The molecule has 0 saturated heterocycles. The lowest BCUT2D eigenvalue weighted by atomic mass is 10.1. The molecule has 10 heteroatoms. The summed E-state index contributed by atoms with van der Waals surface area (Å²) in [5.41, 5.74) is 4.70. The molecule has 0 amide bonds. The largest absolute Gasteiger partial charge is 0.378 e. The lowest BCUT2D eigenvalue weighted by Gasteiger charge is -2.11. The standard InChI is InChI=1S/C22H18N6O2S2/c1-27(2)17-5-3-14(4-6-17)9-15(11-23)21-24-16(12-31-21)13-32-22-25-19-8-7-18(28(29)30)10-20(19)26-22/h3-10,12H,13H2,1-2H3,(H,25,26)/b15-9+. The summed E-state index contributed by atoms with van der Waals surface area (Å²) < 4.78 is 0. The molecule has 0 atom stereocenters. The third kappa shape index (κ3) is 4.80. The van der Waals surface area contributed by atoms with E-state index < -0.39 is 4.92 Å². The van der Waals surface area contributed by atoms with Crippen molar-refractivity contribution in [3.63, 3.8) is 0 Å². The van der Waals surface area contributed by atoms with Crippen LogP contribution < -0.4 is 4.90 Å². The second-order valence-electron chi connectivity index (χ2n) is 7.09. The highest BCUT2D eigenvalue weighted by molar-refractivity contribution is 7.98. The number of nitrogens with zero attached hydrogens (tertiary/aromatic N) is 5. The number of aromatic amines is 1. The van der Waals surface area contributed by atoms with Crippen molar-refractivity contribution in [1.29, 1.82) is 5.26 Å². The van der Waals surface area contributed by atoms with Crippen LogP contribution in [0.4, 0.5) is 11.4 Å². The Bertz CT molecular complexity index is 1350. The van der Waals surface area contributed by atoms with E-state index in [-0.39, 0.29) is 5.69 Å². The molecule has 0 radical (unpaired) electrons. The molecule has 0 unspecified atom stereocenters. The Morgan fingerprint density at radius 2 is 2.06 bits per heavy atom. The number of thiazole rings is 1. The summed E-state index contributed by atoms with van der Waals surface area (Å²) in [7, 11) is 3.96. The van der Waals surface area contributed by atoms with E-state index in [1.807, 2.05) is 54.7 Å². The number of rotatable bonds is 7. The van der Waals surface area contributed by atoms with Gasteiger partial charge < -0.3 is 9.88 Å². The van der Waals surface area contributed by atoms with Crippen molar-refractivity contribution in [3.8, 4) is 6.07 Å². The Balaban J connectivity index is 1.46. The van der Waals surface area contributed by atoms with Crippen molar-refractivity contribution in [2.45, 2.75) is 10.9 Å². The number of aromatic nitrogens is 3. The number of non-ortho nitro benzene ring substituents is 1. The Labute approximate surface area is 192 Å². The van der Waals surface area contributed by atoms with Crippen molar-refractivity contribution in [2.75, 3.05) is 19.0 Å². The summed E-state index contributed by atoms with van der Waals surface area (Å²) >= 11 is 2.88. The summed E-state index contributed by atoms with van der Waals surface area (Å²) in [5.74, 6) is 0.564. The van der Waals surface area contributed by atoms with Crippen LogP contribution in [-0.2, 0) is 5.75 Å². The minimum Gasteiger partial charge on any atom is -0.378 e. The zero-order valence-electron chi connectivity index (χ0n) is 17.3. The van der Waals surface area contributed by atoms with Crippen LogP contribution in [0.1, 0.15) is 16.3 Å². The predicted molar refractivity (Wildman–Crippen MR) is 129 cm³/mol. The first-order valence-corrected chi connectivity index (χ1v) is 11.4. The van der Waals surface area contributed by atoms with Crippen molar-refractivity contribution in [1.82, 2.24) is 15.0 Å². The fourth-order valence-electron chi connectivity index (χ4n) is 2.97. The van der Waals surface area contributed by atoms with E-state index in [0.717, 1.165) is 16.9 Å². The number of fused-ring (bicyclic) bond motifs is 1. The number of anilines is 1. The quantitative estimate of drug-likeness (QED) is 0.170. The normalized spacial score (nSPS) is 11.5. The molecule has 4 rings (SSSR count). The topological polar surface area (TPSA) is 112 Å². The molecule has 0 spiro atoms. The van der Waals surface area contributed by atoms with E-state index >= 15 is 0 Å². The number of allylic oxidation sites excluding steroid dienone is 1. The van der Waals surface area contributed by atoms with Crippen LogP contribution in [0.3, 0.4) is 0 Å². The number of hydrogen-bond donors (Lipinski definition) is 1. The van der Waals surface area contributed by atoms with Gasteiger partial charge in [0.05, 0.1) is 27.2 Å². The van der Waals surface area contributed by atoms with Crippen molar-refractivity contribution in [3.05, 3.63) is 74.2 Å². The van der Waals surface area contributed by atoms with Crippen molar-refractivity contribution >= 4 is 57.2 Å². The second-order valence-corrected chi connectivity index (χ2v) is 8.91. The molecule has 0 aliphatic carbocycles. The number of imidazole rings is 1. The van der Waals surface area contributed by atoms with Crippen LogP contribution in [0.2, 0.25) is 0 Å². The van der Waals surface area contributed by atoms with E-state index in [9.17, 15) is 15.4 Å². The average molecular weight is 463 g/mol. The van der Waals surface area contributed by atoms with E-state index in [1.54, 1.807) is 6.07 Å². The second kappa shape index (κ2) is 9.21. The van der Waals surface area contributed by atoms with E-state index in [1.165, 1.54) is 35.2 Å². The lowest BCUT2D eigenvalue weighted by molar-refractivity contribution is -0.384. The highest BCUT2D eigenvalue weighted by Gasteiger charge is 2.12. The Morgan fingerprint density at radius 1 is 1.28 bits per heavy atom. The summed E-state index contributed by atoms with van der Waals surface area (Å²) in [4.78, 5) is 24.7. The maximum atomic E-state index is 10.9. The van der Waals surface area contributed by atoms with Gasteiger partial charge in [-0.25, -0.2) is 9.97 Å². The Hall–Kier alpha value is -3.68. The first-order valence-electron chi connectivity index (χ1n) is 9.54. The number of benzene rings is 2. The summed E-state index contributed by atoms with van der Waals surface area (Å²) in [5, 5.41) is 23.8. The smallest absolute Gasteiger partial charge is 0.271 e. The zero-order valence-corrected chi connectivity index (χ0v) is 18.9. The molecule has 0 saturated carbocycles. The van der Waals surface area contributed by atoms with Crippen molar-refractivity contribution < 1.29 is 4.92 Å². The van der Waals surface area contributed by atoms with Gasteiger partial charge in [-0.1, -0.05) is 23.9 Å². The van der Waals surface area contributed by atoms with Gasteiger partial charge in [-0.05, 0) is 29.8 Å². The Morgan fingerprint density at radius 3 is 2.75 bits per heavy atom. The van der Waals surface area contributed by atoms with Gasteiger partial charge in [0.15, 0.2) is 5.16 Å². The van der Waals surface area contributed by atoms with Gasteiger partial charge in [0.2, 0.25) is 0 Å². The highest BCUT2D eigenvalue weighted by Crippen LogP contribution is 2.28. The number of nitro groups is 1. The fraction of sp³-hybridized carbons (Fsp3) is 0.136. The minimum atomic E-state index is -0.430. The summed E-state index contributed by atoms with van der Waals surface area (Å²) in [6.07, 6.45) is 1.83. The molecule has 32 heavy (non-hydrogen) atoms. The van der Waals surface area contributed by atoms with Gasteiger partial charge in [0.25, 0.3) is 5.69 Å². The van der Waals surface area contributed by atoms with E-state index in [2.05, 4.69) is 21.0 Å². The number of nitro benzene ring substituents is 1. The number of nitriles is 1. The van der Waals surface area contributed by atoms with Gasteiger partial charge in [-0.2, -0.15) is 5.26 Å². The van der Waals surface area contributed by atoms with E-state index in [0.29, 0.717) is 32.5 Å². The molecule has 1 N–H and O–H groups in total. The number of hydrogen-bond acceptors (Lipinski definition) is 8. The predicted octanol–water partition coefficient (Wildman–Crippen LogP) is 5.35. The molecular weight excluding hydrogens is 444 g/mol. The molecule has 2 aromatic heterocycles. The van der Waals surface area contributed by atoms with Crippen LogP contribution >= 0.6 is 23.1 Å². The molecule has 8 nitrogen and oxygen atoms in total. The highest BCUT2D eigenvalue weighted by atomic mass is 32.2. The maximum absolute atomic E-state index is 10.9. The molecule has 160 valence electrons. The maximum Gasteiger partial charge on any atom is 0.271 e. The molecule has 0 fully saturated rings. The molecular formula is C22H18N6O2S2. The number of thioether (sulfide) groups is 1. The van der Waals surface area contributed by atoms with Gasteiger partial charge in [0, 0.05) is 43.0 Å². The van der Waals surface area contributed by atoms with Crippen molar-refractivity contribution in [2.24, 2.45) is 0 Å². The first-order chi connectivity index (χ1) is 15.4. The Kier molecular flexibility index (Phi) is 6.20. The van der Waals surface area contributed by atoms with Crippen LogP contribution in [0.15, 0.2) is 53.0 Å². The molecule has 4 aromatic rings. The lowest BCUT2D eigenvalue weighted by Crippen LogP contribution is -2.07. The zero-order chi connectivity index (χ0) is 22.7. The third-order valence-corrected chi connectivity index (χ3v) is 6.47. The average Bonchev–Trinajstić information content (AvgIpc) is 3.42.